The molecule has 4 heteroatoms. The molecule has 1 atom stereocenters. The van der Waals surface area contributed by atoms with Crippen LogP contribution in [0.25, 0.3) is 0 Å². The van der Waals surface area contributed by atoms with Gasteiger partial charge in [-0.15, -0.1) is 0 Å². The maximum absolute atomic E-state index is 9.13. The van der Waals surface area contributed by atoms with Gasteiger partial charge in [0.2, 0.25) is 6.10 Å². The average Bonchev–Trinajstić information content (AvgIpc) is 2.39. The molecule has 0 aromatic heterocycles. The molecule has 0 aliphatic heterocycles. The quantitative estimate of drug-likeness (QED) is 0.819. The van der Waals surface area contributed by atoms with Crippen molar-refractivity contribution in [3.8, 4) is 11.8 Å². The summed E-state index contributed by atoms with van der Waals surface area (Å²) in [5, 5.41) is 10.4. The minimum Gasteiger partial charge on any atom is -0.471 e. The smallest absolute Gasteiger partial charge is 0.209 e. The fourth-order valence-corrected chi connectivity index (χ4v) is 1.71. The SMILES string of the molecule is N#C[C@H](Oc1ccc(Cl)cc1)c1ccc(Cl)cc1. The van der Waals surface area contributed by atoms with E-state index in [0.29, 0.717) is 15.8 Å². The Morgan fingerprint density at radius 1 is 0.889 bits per heavy atom. The van der Waals surface area contributed by atoms with E-state index >= 15 is 0 Å². The molecular formula is C14H9Cl2NO. The number of rotatable bonds is 3. The Morgan fingerprint density at radius 3 is 1.89 bits per heavy atom. The Hall–Kier alpha value is -1.69. The maximum atomic E-state index is 9.13. The zero-order valence-corrected chi connectivity index (χ0v) is 10.8. The van der Waals surface area contributed by atoms with Gasteiger partial charge in [0.05, 0.1) is 0 Å². The third-order valence-electron chi connectivity index (χ3n) is 2.36. The van der Waals surface area contributed by atoms with Crippen LogP contribution < -0.4 is 4.74 Å². The van der Waals surface area contributed by atoms with Crippen LogP contribution in [0, 0.1) is 11.3 Å². The summed E-state index contributed by atoms with van der Waals surface area (Å²) in [7, 11) is 0. The minimum absolute atomic E-state index is 0.598. The molecule has 2 nitrogen and oxygen atoms in total. The van der Waals surface area contributed by atoms with Gasteiger partial charge in [-0.05, 0) is 36.4 Å². The van der Waals surface area contributed by atoms with Crippen LogP contribution in [-0.4, -0.2) is 0 Å². The van der Waals surface area contributed by atoms with Gasteiger partial charge in [-0.2, -0.15) is 5.26 Å². The summed E-state index contributed by atoms with van der Waals surface area (Å²) in [6.45, 7) is 0. The molecule has 0 saturated carbocycles. The lowest BCUT2D eigenvalue weighted by Gasteiger charge is -2.12. The van der Waals surface area contributed by atoms with Crippen LogP contribution in [0.3, 0.4) is 0 Å². The highest BCUT2D eigenvalue weighted by Gasteiger charge is 2.11. The summed E-state index contributed by atoms with van der Waals surface area (Å²) in [6, 6.07) is 16.0. The Bertz CT molecular complexity index is 558. The van der Waals surface area contributed by atoms with E-state index in [1.54, 1.807) is 48.5 Å². The molecule has 0 fully saturated rings. The van der Waals surface area contributed by atoms with Gasteiger partial charge in [0.1, 0.15) is 11.8 Å². The van der Waals surface area contributed by atoms with Gasteiger partial charge >= 0.3 is 0 Å². The molecular weight excluding hydrogens is 269 g/mol. The standard InChI is InChI=1S/C14H9Cl2NO/c15-11-3-1-10(2-4-11)14(9-17)18-13-7-5-12(16)6-8-13/h1-8,14H/t14-/m0/s1. The average molecular weight is 278 g/mol. The molecule has 0 unspecified atom stereocenters. The number of halogens is 2. The Kier molecular flexibility index (Phi) is 4.09. The summed E-state index contributed by atoms with van der Waals surface area (Å²) >= 11 is 11.6. The van der Waals surface area contributed by atoms with E-state index in [9.17, 15) is 0 Å². The topological polar surface area (TPSA) is 33.0 Å². The van der Waals surface area contributed by atoms with Gasteiger partial charge in [-0.3, -0.25) is 0 Å². The van der Waals surface area contributed by atoms with Crippen molar-refractivity contribution in [2.75, 3.05) is 0 Å². The van der Waals surface area contributed by atoms with Crippen molar-refractivity contribution < 1.29 is 4.74 Å². The summed E-state index contributed by atoms with van der Waals surface area (Å²) in [5.41, 5.74) is 0.761. The second-order valence-corrected chi connectivity index (χ2v) is 4.51. The molecule has 0 radical (unpaired) electrons. The highest BCUT2D eigenvalue weighted by molar-refractivity contribution is 6.30. The molecule has 0 aliphatic carbocycles. The minimum atomic E-state index is -0.663. The molecule has 0 amide bonds. The molecule has 0 heterocycles. The first-order chi connectivity index (χ1) is 8.69. The zero-order valence-electron chi connectivity index (χ0n) is 9.31. The van der Waals surface area contributed by atoms with E-state index < -0.39 is 6.10 Å². The predicted molar refractivity (Wildman–Crippen MR) is 71.9 cm³/mol. The van der Waals surface area contributed by atoms with Gasteiger partial charge < -0.3 is 4.74 Å². The number of hydrogen-bond acceptors (Lipinski definition) is 2. The van der Waals surface area contributed by atoms with E-state index in [0.717, 1.165) is 5.56 Å². The molecule has 0 N–H and O–H groups in total. The van der Waals surface area contributed by atoms with Gasteiger partial charge in [0.15, 0.2) is 0 Å². The number of ether oxygens (including phenoxy) is 1. The van der Waals surface area contributed by atoms with Crippen LogP contribution >= 0.6 is 23.2 Å². The monoisotopic (exact) mass is 277 g/mol. The van der Waals surface area contributed by atoms with E-state index in [2.05, 4.69) is 6.07 Å². The summed E-state index contributed by atoms with van der Waals surface area (Å²) < 4.78 is 5.58. The van der Waals surface area contributed by atoms with Crippen molar-refractivity contribution in [1.29, 1.82) is 5.26 Å². The number of nitriles is 1. The lowest BCUT2D eigenvalue weighted by Crippen LogP contribution is -2.04. The first kappa shape index (κ1) is 12.8. The number of nitrogens with zero attached hydrogens (tertiary/aromatic N) is 1. The van der Waals surface area contributed by atoms with Crippen molar-refractivity contribution >= 4 is 23.2 Å². The van der Waals surface area contributed by atoms with Gasteiger partial charge in [0, 0.05) is 15.6 Å². The van der Waals surface area contributed by atoms with Crippen LogP contribution in [-0.2, 0) is 0 Å². The first-order valence-electron chi connectivity index (χ1n) is 5.26. The first-order valence-corrected chi connectivity index (χ1v) is 6.02. The molecule has 90 valence electrons. The van der Waals surface area contributed by atoms with Crippen molar-refractivity contribution in [3.05, 3.63) is 64.1 Å². The Morgan fingerprint density at radius 2 is 1.39 bits per heavy atom. The summed E-state index contributed by atoms with van der Waals surface area (Å²) in [6.07, 6.45) is -0.663. The highest BCUT2D eigenvalue weighted by atomic mass is 35.5. The molecule has 2 aromatic rings. The summed E-state index contributed by atoms with van der Waals surface area (Å²) in [5.74, 6) is 0.598. The zero-order chi connectivity index (χ0) is 13.0. The molecule has 0 aliphatic rings. The molecule has 18 heavy (non-hydrogen) atoms. The van der Waals surface area contributed by atoms with Crippen molar-refractivity contribution in [2.24, 2.45) is 0 Å². The van der Waals surface area contributed by atoms with Gasteiger partial charge in [0.25, 0.3) is 0 Å². The largest absolute Gasteiger partial charge is 0.471 e. The fraction of sp³-hybridized carbons (Fsp3) is 0.0714. The molecule has 2 aromatic carbocycles. The molecule has 0 spiro atoms. The highest BCUT2D eigenvalue weighted by Crippen LogP contribution is 2.24. The van der Waals surface area contributed by atoms with E-state index in [1.165, 1.54) is 0 Å². The number of benzene rings is 2. The van der Waals surface area contributed by atoms with Gasteiger partial charge in [-0.1, -0.05) is 35.3 Å². The van der Waals surface area contributed by atoms with Crippen molar-refractivity contribution in [1.82, 2.24) is 0 Å². The second kappa shape index (κ2) is 5.77. The molecule has 2 rings (SSSR count). The lowest BCUT2D eigenvalue weighted by atomic mass is 10.1. The lowest BCUT2D eigenvalue weighted by molar-refractivity contribution is 0.262. The fourth-order valence-electron chi connectivity index (χ4n) is 1.46. The second-order valence-electron chi connectivity index (χ2n) is 3.63. The number of hydrogen-bond donors (Lipinski definition) is 0. The Labute approximate surface area is 115 Å². The maximum Gasteiger partial charge on any atom is 0.209 e. The van der Waals surface area contributed by atoms with Crippen LogP contribution in [0.4, 0.5) is 0 Å². The van der Waals surface area contributed by atoms with E-state index in [1.807, 2.05) is 0 Å². The third-order valence-corrected chi connectivity index (χ3v) is 2.86. The van der Waals surface area contributed by atoms with Crippen LogP contribution in [0.15, 0.2) is 48.5 Å². The summed E-state index contributed by atoms with van der Waals surface area (Å²) in [4.78, 5) is 0. The van der Waals surface area contributed by atoms with E-state index in [-0.39, 0.29) is 0 Å². The Balaban J connectivity index is 2.17. The van der Waals surface area contributed by atoms with Crippen LogP contribution in [0.1, 0.15) is 11.7 Å². The molecule has 0 bridgehead atoms. The third kappa shape index (κ3) is 3.16. The predicted octanol–water partition coefficient (Wildman–Crippen LogP) is 4.64. The van der Waals surface area contributed by atoms with Gasteiger partial charge in [-0.25, -0.2) is 0 Å². The normalized spacial score (nSPS) is 11.6. The molecule has 0 saturated heterocycles. The van der Waals surface area contributed by atoms with Crippen molar-refractivity contribution in [2.45, 2.75) is 6.10 Å². The van der Waals surface area contributed by atoms with Crippen molar-refractivity contribution in [3.63, 3.8) is 0 Å². The van der Waals surface area contributed by atoms with E-state index in [4.69, 9.17) is 33.2 Å². The van der Waals surface area contributed by atoms with Crippen LogP contribution in [0.2, 0.25) is 10.0 Å². The van der Waals surface area contributed by atoms with Crippen LogP contribution in [0.5, 0.6) is 5.75 Å².